The molecular weight excluding hydrogens is 210 g/mol. The monoisotopic (exact) mass is 212 g/mol. The summed E-state index contributed by atoms with van der Waals surface area (Å²) in [4.78, 5) is 13.3. The Bertz CT molecular complexity index is 138. The van der Waals surface area contributed by atoms with Crippen LogP contribution in [-0.2, 0) is 19.5 Å². The zero-order valence-corrected chi connectivity index (χ0v) is 9.26. The SMILES string of the molecule is C=NC(=S)SC(N)=O.[Zn]. The van der Waals surface area contributed by atoms with Gasteiger partial charge in [-0.25, -0.2) is 4.99 Å². The van der Waals surface area contributed by atoms with Crippen molar-refractivity contribution in [2.24, 2.45) is 10.7 Å². The minimum Gasteiger partial charge on any atom is -0.360 e. The fraction of sp³-hybridized carbons (Fsp3) is 0. The molecule has 0 saturated carbocycles. The van der Waals surface area contributed by atoms with Crippen LogP contribution in [0.5, 0.6) is 0 Å². The van der Waals surface area contributed by atoms with Crippen molar-refractivity contribution in [2.45, 2.75) is 0 Å². The van der Waals surface area contributed by atoms with Crippen LogP contribution in [0.1, 0.15) is 0 Å². The summed E-state index contributed by atoms with van der Waals surface area (Å²) in [5, 5.41) is -0.553. The molecule has 0 spiro atoms. The van der Waals surface area contributed by atoms with Crippen molar-refractivity contribution < 1.29 is 24.3 Å². The maximum absolute atomic E-state index is 9.98. The van der Waals surface area contributed by atoms with Crippen LogP contribution >= 0.6 is 24.0 Å². The Morgan fingerprint density at radius 3 is 2.33 bits per heavy atom. The van der Waals surface area contributed by atoms with Gasteiger partial charge < -0.3 is 5.73 Å². The van der Waals surface area contributed by atoms with Gasteiger partial charge in [-0.2, -0.15) is 0 Å². The first-order valence-corrected chi connectivity index (χ1v) is 2.87. The van der Waals surface area contributed by atoms with E-state index in [9.17, 15) is 4.79 Å². The molecule has 1 amide bonds. The molecule has 0 fully saturated rings. The number of hydrogen-bond donors (Lipinski definition) is 1. The molecule has 0 unspecified atom stereocenters. The van der Waals surface area contributed by atoms with Gasteiger partial charge >= 0.3 is 0 Å². The minimum absolute atomic E-state index is 0. The molecule has 0 aromatic heterocycles. The van der Waals surface area contributed by atoms with E-state index in [2.05, 4.69) is 23.9 Å². The van der Waals surface area contributed by atoms with Gasteiger partial charge in [0.1, 0.15) is 0 Å². The first-order chi connectivity index (χ1) is 3.66. The molecule has 9 heavy (non-hydrogen) atoms. The van der Waals surface area contributed by atoms with Gasteiger partial charge in [-0.15, -0.1) is 0 Å². The Hall–Kier alpha value is 0.203. The van der Waals surface area contributed by atoms with Gasteiger partial charge in [-0.1, -0.05) is 0 Å². The number of nitrogens with zero attached hydrogens (tertiary/aromatic N) is 1. The largest absolute Gasteiger partial charge is 0.360 e. The molecule has 0 saturated heterocycles. The fourth-order valence-corrected chi connectivity index (χ4v) is 0.601. The number of hydrogen-bond acceptors (Lipinski definition) is 3. The van der Waals surface area contributed by atoms with E-state index in [1.54, 1.807) is 0 Å². The van der Waals surface area contributed by atoms with Crippen molar-refractivity contribution in [1.82, 2.24) is 0 Å². The molecule has 0 radical (unpaired) electrons. The van der Waals surface area contributed by atoms with E-state index < -0.39 is 5.24 Å². The Morgan fingerprint density at radius 1 is 1.78 bits per heavy atom. The van der Waals surface area contributed by atoms with E-state index in [-0.39, 0.29) is 23.8 Å². The van der Waals surface area contributed by atoms with Crippen molar-refractivity contribution in [3.63, 3.8) is 0 Å². The minimum atomic E-state index is -0.553. The third-order valence-electron chi connectivity index (χ3n) is 0.317. The summed E-state index contributed by atoms with van der Waals surface area (Å²) in [6.07, 6.45) is 0. The predicted molar refractivity (Wildman–Crippen MR) is 39.3 cm³/mol. The zero-order valence-electron chi connectivity index (χ0n) is 4.66. The summed E-state index contributed by atoms with van der Waals surface area (Å²) >= 11 is 5.16. The summed E-state index contributed by atoms with van der Waals surface area (Å²) in [6, 6.07) is 0. The first kappa shape index (κ1) is 11.9. The number of carbonyl (C=O) groups excluding carboxylic acids is 1. The van der Waals surface area contributed by atoms with E-state index in [0.717, 1.165) is 0 Å². The molecular formula is C3H4N2OS2Zn. The maximum Gasteiger partial charge on any atom is 0.283 e. The number of carbonyl (C=O) groups is 1. The summed E-state index contributed by atoms with van der Waals surface area (Å²) in [5.74, 6) is 0. The van der Waals surface area contributed by atoms with Crippen LogP contribution in [0, 0.1) is 0 Å². The number of rotatable bonds is 0. The van der Waals surface area contributed by atoms with Crippen LogP contribution in [0.4, 0.5) is 4.79 Å². The van der Waals surface area contributed by atoms with Gasteiger partial charge in [0, 0.05) is 31.2 Å². The van der Waals surface area contributed by atoms with Crippen LogP contribution < -0.4 is 5.73 Å². The predicted octanol–water partition coefficient (Wildman–Crippen LogP) is 0.781. The first-order valence-electron chi connectivity index (χ1n) is 1.65. The van der Waals surface area contributed by atoms with E-state index in [1.165, 1.54) is 0 Å². The van der Waals surface area contributed by atoms with Crippen molar-refractivity contribution in [2.75, 3.05) is 0 Å². The van der Waals surface area contributed by atoms with E-state index >= 15 is 0 Å². The van der Waals surface area contributed by atoms with Crippen LogP contribution in [0.15, 0.2) is 4.99 Å². The number of thiocarbonyl (C=S) groups is 1. The number of nitrogens with two attached hydrogens (primary N) is 1. The van der Waals surface area contributed by atoms with E-state index in [4.69, 9.17) is 5.73 Å². The summed E-state index contributed by atoms with van der Waals surface area (Å²) < 4.78 is 0.164. The molecule has 0 aliphatic rings. The van der Waals surface area contributed by atoms with Crippen molar-refractivity contribution in [1.29, 1.82) is 0 Å². The fourth-order valence-electron chi connectivity index (χ4n) is 0.118. The summed E-state index contributed by atoms with van der Waals surface area (Å²) in [6.45, 7) is 3.09. The average Bonchev–Trinajstić information content (AvgIpc) is 1.65. The second kappa shape index (κ2) is 6.33. The van der Waals surface area contributed by atoms with Gasteiger partial charge in [0.15, 0.2) is 4.32 Å². The van der Waals surface area contributed by atoms with Crippen molar-refractivity contribution in [3.8, 4) is 0 Å². The molecule has 6 heteroatoms. The summed E-state index contributed by atoms with van der Waals surface area (Å²) in [7, 11) is 0. The van der Waals surface area contributed by atoms with Gasteiger partial charge in [0.05, 0.1) is 0 Å². The van der Waals surface area contributed by atoms with Crippen molar-refractivity contribution in [3.05, 3.63) is 0 Å². The van der Waals surface area contributed by atoms with E-state index in [0.29, 0.717) is 11.8 Å². The van der Waals surface area contributed by atoms with Gasteiger partial charge in [-0.05, 0) is 18.9 Å². The molecule has 2 N–H and O–H groups in total. The normalized spacial score (nSPS) is 7.11. The number of thioether (sulfide) groups is 1. The second-order valence-corrected chi connectivity index (χ2v) is 2.48. The van der Waals surface area contributed by atoms with Crippen LogP contribution in [0.25, 0.3) is 0 Å². The van der Waals surface area contributed by atoms with Crippen LogP contribution in [0.2, 0.25) is 0 Å². The van der Waals surface area contributed by atoms with Gasteiger partial charge in [0.25, 0.3) is 5.24 Å². The molecule has 0 aromatic carbocycles. The molecule has 0 heterocycles. The number of aliphatic imine (C=N–C) groups is 1. The maximum atomic E-state index is 9.98. The van der Waals surface area contributed by atoms with Gasteiger partial charge in [-0.3, -0.25) is 4.79 Å². The molecule has 3 nitrogen and oxygen atoms in total. The Morgan fingerprint density at radius 2 is 2.22 bits per heavy atom. The van der Waals surface area contributed by atoms with Crippen molar-refractivity contribution >= 4 is 40.3 Å². The third-order valence-corrected chi connectivity index (χ3v) is 1.20. The van der Waals surface area contributed by atoms with E-state index in [1.807, 2.05) is 0 Å². The number of primary amides is 1. The second-order valence-electron chi connectivity index (χ2n) is 0.845. The van der Waals surface area contributed by atoms with Gasteiger partial charge in [0.2, 0.25) is 0 Å². The van der Waals surface area contributed by atoms with Crippen LogP contribution in [-0.4, -0.2) is 16.3 Å². The molecule has 0 atom stereocenters. The topological polar surface area (TPSA) is 55.4 Å². The molecule has 0 aliphatic heterocycles. The Labute approximate surface area is 75.2 Å². The molecule has 0 aromatic rings. The molecule has 0 bridgehead atoms. The summed E-state index contributed by atoms with van der Waals surface area (Å²) in [5.41, 5.74) is 4.72. The quantitative estimate of drug-likeness (QED) is 0.368. The molecule has 0 aliphatic carbocycles. The molecule has 46 valence electrons. The zero-order chi connectivity index (χ0) is 6.57. The van der Waals surface area contributed by atoms with Crippen LogP contribution in [0.3, 0.4) is 0 Å². The number of amides is 1. The Kier molecular flexibility index (Phi) is 8.39. The molecule has 0 rings (SSSR count). The standard InChI is InChI=1S/C3H4N2OS2.Zn/c1-5-3(7)8-2(4)6;/h1H2,(H2,4,6);. The Balaban J connectivity index is 0. The third kappa shape index (κ3) is 8.20. The average molecular weight is 214 g/mol. The smallest absolute Gasteiger partial charge is 0.283 e.